The predicted molar refractivity (Wildman–Crippen MR) is 171 cm³/mol. The van der Waals surface area contributed by atoms with Gasteiger partial charge in [-0.3, -0.25) is 9.69 Å². The minimum absolute atomic E-state index is 0.194. The number of nitrogens with zero attached hydrogens (tertiary/aromatic N) is 2. The Morgan fingerprint density at radius 3 is 2.26 bits per heavy atom. The second-order valence-corrected chi connectivity index (χ2v) is 11.7. The first-order chi connectivity index (χ1) is 20.9. The van der Waals surface area contributed by atoms with E-state index in [2.05, 4.69) is 59.2 Å². The maximum absolute atomic E-state index is 11.2. The molecule has 1 heterocycles. The summed E-state index contributed by atoms with van der Waals surface area (Å²) in [6, 6.07) is 24.2. The van der Waals surface area contributed by atoms with E-state index < -0.39 is 11.9 Å². The summed E-state index contributed by atoms with van der Waals surface area (Å²) in [6.45, 7) is 8.07. The van der Waals surface area contributed by atoms with Crippen molar-refractivity contribution in [2.24, 2.45) is 5.92 Å². The molecular formula is C36H46N2O5. The van der Waals surface area contributed by atoms with Crippen LogP contribution in [0, 0.1) is 12.8 Å². The molecule has 4 rings (SSSR count). The molecule has 0 aromatic heterocycles. The highest BCUT2D eigenvalue weighted by Gasteiger charge is 2.17. The van der Waals surface area contributed by atoms with Gasteiger partial charge in [-0.2, -0.15) is 0 Å². The molecule has 43 heavy (non-hydrogen) atoms. The van der Waals surface area contributed by atoms with Gasteiger partial charge in [0, 0.05) is 44.8 Å². The first-order valence-corrected chi connectivity index (χ1v) is 15.7. The third-order valence-electron chi connectivity index (χ3n) is 8.42. The van der Waals surface area contributed by atoms with Crippen LogP contribution < -0.4 is 9.64 Å². The molecule has 1 fully saturated rings. The van der Waals surface area contributed by atoms with E-state index in [0.29, 0.717) is 18.9 Å². The summed E-state index contributed by atoms with van der Waals surface area (Å²) in [7, 11) is 0. The lowest BCUT2D eigenvalue weighted by Crippen LogP contribution is -2.46. The van der Waals surface area contributed by atoms with E-state index in [1.807, 2.05) is 18.2 Å². The molecule has 3 aromatic rings. The number of carboxylic acids is 2. The number of hydrogen-bond donors (Lipinski definition) is 2. The fraction of sp³-hybridized carbons (Fsp3) is 0.444. The second-order valence-electron chi connectivity index (χ2n) is 11.7. The van der Waals surface area contributed by atoms with Gasteiger partial charge in [-0.25, -0.2) is 4.79 Å². The number of carboxylic acid groups (broad SMARTS) is 2. The van der Waals surface area contributed by atoms with E-state index >= 15 is 0 Å². The molecule has 0 saturated carbocycles. The van der Waals surface area contributed by atoms with Crippen molar-refractivity contribution in [1.82, 2.24) is 4.90 Å². The Kier molecular flexibility index (Phi) is 12.5. The number of anilines is 1. The SMILES string of the molecule is Cc1ccc(N2CCN(CCCOc3ccccc3CC[C@H](CCCCC(=O)O)Cc3ccc(C(=O)O)cc3)CC2)cc1. The van der Waals surface area contributed by atoms with Crippen LogP contribution in [0.2, 0.25) is 0 Å². The number of rotatable bonds is 17. The maximum Gasteiger partial charge on any atom is 0.335 e. The van der Waals surface area contributed by atoms with Crippen LogP contribution in [0.3, 0.4) is 0 Å². The van der Waals surface area contributed by atoms with Crippen LogP contribution in [-0.4, -0.2) is 66.4 Å². The van der Waals surface area contributed by atoms with Gasteiger partial charge in [-0.1, -0.05) is 60.9 Å². The lowest BCUT2D eigenvalue weighted by molar-refractivity contribution is -0.137. The first kappa shape index (κ1) is 32.1. The molecule has 7 nitrogen and oxygen atoms in total. The van der Waals surface area contributed by atoms with E-state index in [0.717, 1.165) is 82.6 Å². The number of ether oxygens (including phenoxy) is 1. The van der Waals surface area contributed by atoms with E-state index in [-0.39, 0.29) is 12.0 Å². The van der Waals surface area contributed by atoms with Crippen molar-refractivity contribution in [2.45, 2.75) is 58.3 Å². The lowest BCUT2D eigenvalue weighted by Gasteiger charge is -2.36. The Labute approximate surface area is 256 Å². The summed E-state index contributed by atoms with van der Waals surface area (Å²) in [5.41, 5.74) is 5.20. The van der Waals surface area contributed by atoms with Gasteiger partial charge in [0.25, 0.3) is 0 Å². The van der Waals surface area contributed by atoms with Gasteiger partial charge in [0.05, 0.1) is 12.2 Å². The maximum atomic E-state index is 11.2. The van der Waals surface area contributed by atoms with Crippen LogP contribution in [0.15, 0.2) is 72.8 Å². The van der Waals surface area contributed by atoms with E-state index in [4.69, 9.17) is 9.84 Å². The summed E-state index contributed by atoms with van der Waals surface area (Å²) in [4.78, 5) is 27.2. The molecule has 3 aromatic carbocycles. The topological polar surface area (TPSA) is 90.3 Å². The summed E-state index contributed by atoms with van der Waals surface area (Å²) in [6.07, 6.45) is 6.33. The summed E-state index contributed by atoms with van der Waals surface area (Å²) in [5.74, 6) is -0.358. The Morgan fingerprint density at radius 1 is 0.837 bits per heavy atom. The zero-order valence-electron chi connectivity index (χ0n) is 25.4. The van der Waals surface area contributed by atoms with E-state index in [9.17, 15) is 14.7 Å². The van der Waals surface area contributed by atoms with Crippen LogP contribution in [-0.2, 0) is 17.6 Å². The molecule has 1 aliphatic heterocycles. The summed E-state index contributed by atoms with van der Waals surface area (Å²) < 4.78 is 6.28. The predicted octanol–water partition coefficient (Wildman–Crippen LogP) is 6.72. The Bertz CT molecular complexity index is 1280. The summed E-state index contributed by atoms with van der Waals surface area (Å²) >= 11 is 0. The number of aliphatic carboxylic acids is 1. The van der Waals surface area contributed by atoms with Gasteiger partial charge in [-0.05, 0) is 86.4 Å². The number of benzene rings is 3. The fourth-order valence-corrected chi connectivity index (χ4v) is 5.84. The van der Waals surface area contributed by atoms with Gasteiger partial charge in [-0.15, -0.1) is 0 Å². The van der Waals surface area contributed by atoms with Crippen molar-refractivity contribution >= 4 is 17.6 Å². The number of para-hydroxylation sites is 1. The molecule has 0 amide bonds. The standard InChI is InChI=1S/C36H46N2O5/c1-28-11-19-33(20-12-28)38-24-22-37(23-25-38)21-6-26-43-34-9-4-3-8-31(34)16-13-29(7-2-5-10-35(39)40)27-30-14-17-32(18-15-30)36(41)42/h3-4,8-9,11-12,14-15,17-20,29H,2,5-7,10,13,16,21-27H2,1H3,(H,39,40)(H,41,42)/t29-/m0/s1. The number of unbranched alkanes of at least 4 members (excludes halogenated alkanes) is 1. The number of piperazine rings is 1. The minimum atomic E-state index is -0.922. The van der Waals surface area contributed by atoms with Crippen molar-refractivity contribution in [1.29, 1.82) is 0 Å². The molecule has 1 saturated heterocycles. The van der Waals surface area contributed by atoms with Crippen LogP contribution in [0.5, 0.6) is 5.75 Å². The second kappa shape index (κ2) is 16.7. The van der Waals surface area contributed by atoms with Gasteiger partial charge < -0.3 is 19.8 Å². The molecule has 1 aliphatic rings. The Morgan fingerprint density at radius 2 is 1.56 bits per heavy atom. The van der Waals surface area contributed by atoms with Gasteiger partial charge in [0.15, 0.2) is 0 Å². The smallest absolute Gasteiger partial charge is 0.335 e. The van der Waals surface area contributed by atoms with Crippen LogP contribution >= 0.6 is 0 Å². The van der Waals surface area contributed by atoms with Crippen LogP contribution in [0.4, 0.5) is 5.69 Å². The molecule has 0 aliphatic carbocycles. The molecule has 0 spiro atoms. The minimum Gasteiger partial charge on any atom is -0.493 e. The van der Waals surface area contributed by atoms with Crippen LogP contribution in [0.25, 0.3) is 0 Å². The average Bonchev–Trinajstić information content (AvgIpc) is 3.01. The quantitative estimate of drug-likeness (QED) is 0.170. The summed E-state index contributed by atoms with van der Waals surface area (Å²) in [5, 5.41) is 18.2. The van der Waals surface area contributed by atoms with Crippen molar-refractivity contribution in [3.63, 3.8) is 0 Å². The van der Waals surface area contributed by atoms with E-state index in [1.54, 1.807) is 12.1 Å². The number of hydrogen-bond acceptors (Lipinski definition) is 5. The molecule has 7 heteroatoms. The molecule has 230 valence electrons. The van der Waals surface area contributed by atoms with Crippen molar-refractivity contribution in [2.75, 3.05) is 44.2 Å². The highest BCUT2D eigenvalue weighted by Crippen LogP contribution is 2.26. The van der Waals surface area contributed by atoms with Crippen molar-refractivity contribution in [3.05, 3.63) is 95.1 Å². The van der Waals surface area contributed by atoms with Crippen LogP contribution in [0.1, 0.15) is 65.6 Å². The molecule has 0 unspecified atom stereocenters. The Balaban J connectivity index is 1.24. The largest absolute Gasteiger partial charge is 0.493 e. The zero-order valence-corrected chi connectivity index (χ0v) is 25.4. The lowest BCUT2D eigenvalue weighted by atomic mass is 9.88. The average molecular weight is 587 g/mol. The molecule has 1 atom stereocenters. The van der Waals surface area contributed by atoms with Gasteiger partial charge in [0.1, 0.15) is 5.75 Å². The van der Waals surface area contributed by atoms with Crippen molar-refractivity contribution in [3.8, 4) is 5.75 Å². The first-order valence-electron chi connectivity index (χ1n) is 15.7. The van der Waals surface area contributed by atoms with E-state index in [1.165, 1.54) is 16.8 Å². The highest BCUT2D eigenvalue weighted by molar-refractivity contribution is 5.87. The van der Waals surface area contributed by atoms with Gasteiger partial charge in [0.2, 0.25) is 0 Å². The normalized spacial score (nSPS) is 14.4. The monoisotopic (exact) mass is 586 g/mol. The third-order valence-corrected chi connectivity index (χ3v) is 8.42. The molecular weight excluding hydrogens is 540 g/mol. The third kappa shape index (κ3) is 10.7. The zero-order chi connectivity index (χ0) is 30.4. The number of aryl methyl sites for hydroxylation is 2. The number of carbonyl (C=O) groups is 2. The molecule has 0 bridgehead atoms. The Hall–Kier alpha value is -3.84. The highest BCUT2D eigenvalue weighted by atomic mass is 16.5. The van der Waals surface area contributed by atoms with Gasteiger partial charge >= 0.3 is 11.9 Å². The molecule has 2 N–H and O–H groups in total. The van der Waals surface area contributed by atoms with Crippen molar-refractivity contribution < 1.29 is 24.5 Å². The fourth-order valence-electron chi connectivity index (χ4n) is 5.84. The molecule has 0 radical (unpaired) electrons. The number of aromatic carboxylic acids is 1.